The first-order chi connectivity index (χ1) is 14.2. The molecule has 0 saturated carbocycles. The second kappa shape index (κ2) is 9.18. The molecule has 154 valence electrons. The van der Waals surface area contributed by atoms with Gasteiger partial charge in [-0.3, -0.25) is 9.69 Å². The van der Waals surface area contributed by atoms with Gasteiger partial charge in [-0.2, -0.15) is 0 Å². The smallest absolute Gasteiger partial charge is 0.236 e. The number of nitrogens with zero attached hydrogens (tertiary/aromatic N) is 3. The van der Waals surface area contributed by atoms with Gasteiger partial charge in [-0.25, -0.2) is 0 Å². The molecule has 2 aliphatic rings. The Kier molecular flexibility index (Phi) is 6.20. The molecule has 0 unspecified atom stereocenters. The maximum atomic E-state index is 12.9. The molecule has 0 N–H and O–H groups in total. The van der Waals surface area contributed by atoms with Gasteiger partial charge in [-0.05, 0) is 31.2 Å². The number of benzene rings is 2. The maximum absolute atomic E-state index is 12.9. The molecule has 2 aromatic rings. The topological polar surface area (TPSA) is 45.3 Å². The zero-order valence-electron chi connectivity index (χ0n) is 17.0. The number of carbonyl (C=O) groups excluding carboxylic acids is 1. The highest BCUT2D eigenvalue weighted by atomic mass is 16.6. The van der Waals surface area contributed by atoms with E-state index in [-0.39, 0.29) is 12.0 Å². The number of rotatable bonds is 6. The zero-order valence-corrected chi connectivity index (χ0v) is 17.0. The van der Waals surface area contributed by atoms with Crippen LogP contribution in [-0.4, -0.2) is 74.2 Å². The Hall–Kier alpha value is -2.73. The van der Waals surface area contributed by atoms with Crippen molar-refractivity contribution < 1.29 is 14.3 Å². The molecule has 6 nitrogen and oxygen atoms in total. The van der Waals surface area contributed by atoms with Gasteiger partial charge in [-0.1, -0.05) is 30.3 Å². The first kappa shape index (κ1) is 19.6. The van der Waals surface area contributed by atoms with E-state index in [1.807, 2.05) is 42.2 Å². The highest BCUT2D eigenvalue weighted by Gasteiger charge is 2.26. The monoisotopic (exact) mass is 395 g/mol. The van der Waals surface area contributed by atoms with E-state index in [0.29, 0.717) is 26.2 Å². The predicted molar refractivity (Wildman–Crippen MR) is 114 cm³/mol. The minimum Gasteiger partial charge on any atom is -0.486 e. The van der Waals surface area contributed by atoms with Crippen molar-refractivity contribution in [2.24, 2.45) is 0 Å². The van der Waals surface area contributed by atoms with Crippen molar-refractivity contribution in [2.75, 3.05) is 57.3 Å². The molecule has 2 aliphatic heterocycles. The van der Waals surface area contributed by atoms with Gasteiger partial charge < -0.3 is 19.3 Å². The molecular weight excluding hydrogens is 366 g/mol. The van der Waals surface area contributed by atoms with Gasteiger partial charge in [0.2, 0.25) is 5.91 Å². The molecule has 6 heteroatoms. The Morgan fingerprint density at radius 3 is 2.41 bits per heavy atom. The summed E-state index contributed by atoms with van der Waals surface area (Å²) in [5, 5.41) is 0. The lowest BCUT2D eigenvalue weighted by Crippen LogP contribution is -2.51. The van der Waals surface area contributed by atoms with Crippen LogP contribution in [0.5, 0.6) is 11.5 Å². The molecule has 2 aromatic carbocycles. The first-order valence-corrected chi connectivity index (χ1v) is 10.4. The minimum absolute atomic E-state index is 0.135. The van der Waals surface area contributed by atoms with Crippen LogP contribution in [0.2, 0.25) is 0 Å². The van der Waals surface area contributed by atoms with E-state index in [0.717, 1.165) is 37.7 Å². The van der Waals surface area contributed by atoms with Crippen LogP contribution in [0.15, 0.2) is 54.6 Å². The summed E-state index contributed by atoms with van der Waals surface area (Å²) in [7, 11) is 0. The molecule has 1 saturated heterocycles. The fraction of sp³-hybridized carbons (Fsp3) is 0.435. The van der Waals surface area contributed by atoms with Gasteiger partial charge in [-0.15, -0.1) is 0 Å². The summed E-state index contributed by atoms with van der Waals surface area (Å²) in [5.74, 6) is 1.68. The third kappa shape index (κ3) is 4.82. The van der Waals surface area contributed by atoms with Crippen molar-refractivity contribution in [1.82, 2.24) is 9.80 Å². The molecule has 1 atom stereocenters. The van der Waals surface area contributed by atoms with Gasteiger partial charge in [0, 0.05) is 38.4 Å². The molecule has 4 rings (SSSR count). The molecule has 0 aliphatic carbocycles. The third-order valence-electron chi connectivity index (χ3n) is 5.58. The molecular formula is C23H29N3O3. The Morgan fingerprint density at radius 1 is 1.00 bits per heavy atom. The molecule has 2 heterocycles. The summed E-state index contributed by atoms with van der Waals surface area (Å²) in [6.45, 7) is 7.85. The first-order valence-electron chi connectivity index (χ1n) is 10.4. The average molecular weight is 396 g/mol. The van der Waals surface area contributed by atoms with E-state index in [1.165, 1.54) is 5.69 Å². The molecule has 29 heavy (non-hydrogen) atoms. The highest BCUT2D eigenvalue weighted by Crippen LogP contribution is 2.31. The predicted octanol–water partition coefficient (Wildman–Crippen LogP) is 2.50. The van der Waals surface area contributed by atoms with Crippen molar-refractivity contribution in [2.45, 2.75) is 13.0 Å². The maximum Gasteiger partial charge on any atom is 0.236 e. The second-order valence-electron chi connectivity index (χ2n) is 7.53. The average Bonchev–Trinajstić information content (AvgIpc) is 2.78. The summed E-state index contributed by atoms with van der Waals surface area (Å²) < 4.78 is 11.8. The summed E-state index contributed by atoms with van der Waals surface area (Å²) in [6, 6.07) is 18.1. The van der Waals surface area contributed by atoms with Crippen LogP contribution in [0.1, 0.15) is 6.92 Å². The number of amides is 1. The summed E-state index contributed by atoms with van der Waals surface area (Å²) in [4.78, 5) is 19.4. The van der Waals surface area contributed by atoms with Crippen molar-refractivity contribution in [3.63, 3.8) is 0 Å². The zero-order chi connectivity index (χ0) is 20.1. The molecule has 0 aromatic heterocycles. The van der Waals surface area contributed by atoms with E-state index < -0.39 is 0 Å². The SMILES string of the molecule is CCN(C[C@@H]1COc2ccccc2O1)C(=O)CN1CCN(c2ccccc2)CC1. The van der Waals surface area contributed by atoms with Crippen LogP contribution in [0.3, 0.4) is 0 Å². The van der Waals surface area contributed by atoms with Gasteiger partial charge in [0.1, 0.15) is 6.61 Å². The van der Waals surface area contributed by atoms with Crippen molar-refractivity contribution >= 4 is 11.6 Å². The van der Waals surface area contributed by atoms with Gasteiger partial charge in [0.15, 0.2) is 17.6 Å². The lowest BCUT2D eigenvalue weighted by molar-refractivity contribution is -0.133. The van der Waals surface area contributed by atoms with Gasteiger partial charge in [0.05, 0.1) is 13.1 Å². The lowest BCUT2D eigenvalue weighted by Gasteiger charge is -2.37. The van der Waals surface area contributed by atoms with Crippen LogP contribution < -0.4 is 14.4 Å². The largest absolute Gasteiger partial charge is 0.486 e. The normalized spacial score (nSPS) is 19.1. The highest BCUT2D eigenvalue weighted by molar-refractivity contribution is 5.78. The van der Waals surface area contributed by atoms with Crippen LogP contribution in [0.4, 0.5) is 5.69 Å². The number of anilines is 1. The van der Waals surface area contributed by atoms with E-state index in [2.05, 4.69) is 34.1 Å². The number of piperazine rings is 1. The van der Waals surface area contributed by atoms with Crippen molar-refractivity contribution in [1.29, 1.82) is 0 Å². The van der Waals surface area contributed by atoms with E-state index >= 15 is 0 Å². The standard InChI is InChI=1S/C23H29N3O3/c1-2-25(16-20-18-28-21-10-6-7-11-22(21)29-20)23(27)17-24-12-14-26(15-13-24)19-8-4-3-5-9-19/h3-11,20H,2,12-18H2,1H3/t20-/m1/s1. The van der Waals surface area contributed by atoms with E-state index in [1.54, 1.807) is 0 Å². The van der Waals surface area contributed by atoms with Crippen LogP contribution in [0.25, 0.3) is 0 Å². The van der Waals surface area contributed by atoms with Gasteiger partial charge >= 0.3 is 0 Å². The molecule has 0 radical (unpaired) electrons. The van der Waals surface area contributed by atoms with Crippen LogP contribution >= 0.6 is 0 Å². The number of hydrogen-bond donors (Lipinski definition) is 0. The second-order valence-corrected chi connectivity index (χ2v) is 7.53. The van der Waals surface area contributed by atoms with E-state index in [9.17, 15) is 4.79 Å². The molecule has 1 fully saturated rings. The fourth-order valence-electron chi connectivity index (χ4n) is 3.90. The molecule has 1 amide bonds. The van der Waals surface area contributed by atoms with Gasteiger partial charge in [0.25, 0.3) is 0 Å². The number of hydrogen-bond acceptors (Lipinski definition) is 5. The third-order valence-corrected chi connectivity index (χ3v) is 5.58. The van der Waals surface area contributed by atoms with Crippen LogP contribution in [-0.2, 0) is 4.79 Å². The fourth-order valence-corrected chi connectivity index (χ4v) is 3.90. The lowest BCUT2D eigenvalue weighted by atomic mass is 10.2. The van der Waals surface area contributed by atoms with Crippen molar-refractivity contribution in [3.8, 4) is 11.5 Å². The summed E-state index contributed by atoms with van der Waals surface area (Å²) >= 11 is 0. The quantitative estimate of drug-likeness (QED) is 0.752. The number of fused-ring (bicyclic) bond motifs is 1. The Labute approximate surface area is 172 Å². The van der Waals surface area contributed by atoms with Crippen molar-refractivity contribution in [3.05, 3.63) is 54.6 Å². The Bertz CT molecular complexity index is 806. The minimum atomic E-state index is -0.135. The number of para-hydroxylation sites is 3. The number of ether oxygens (including phenoxy) is 2. The Balaban J connectivity index is 1.26. The Morgan fingerprint density at radius 2 is 1.69 bits per heavy atom. The summed E-state index contributed by atoms with van der Waals surface area (Å²) in [6.07, 6.45) is -0.135. The van der Waals surface area contributed by atoms with Crippen LogP contribution in [0, 0.1) is 0 Å². The number of likely N-dealkylation sites (N-methyl/N-ethyl adjacent to an activating group) is 1. The summed E-state index contributed by atoms with van der Waals surface area (Å²) in [5.41, 5.74) is 1.25. The number of carbonyl (C=O) groups is 1. The molecule has 0 spiro atoms. The van der Waals surface area contributed by atoms with E-state index in [4.69, 9.17) is 9.47 Å². The molecule has 0 bridgehead atoms.